The van der Waals surface area contributed by atoms with Crippen molar-refractivity contribution in [2.24, 2.45) is 0 Å². The van der Waals surface area contributed by atoms with E-state index in [1.807, 2.05) is 23.1 Å². The van der Waals surface area contributed by atoms with Crippen molar-refractivity contribution in [2.45, 2.75) is 32.6 Å². The van der Waals surface area contributed by atoms with Gasteiger partial charge in [-0.25, -0.2) is 0 Å². The van der Waals surface area contributed by atoms with Crippen LogP contribution in [0.25, 0.3) is 0 Å². The van der Waals surface area contributed by atoms with Gasteiger partial charge in [0.15, 0.2) is 5.11 Å². The summed E-state index contributed by atoms with van der Waals surface area (Å²) in [5, 5.41) is 5.81. The smallest absolute Gasteiger partial charge is 0.261 e. The summed E-state index contributed by atoms with van der Waals surface area (Å²) in [6.07, 6.45) is 3.94. The number of hydrogen-bond acceptors (Lipinski definition) is 4. The van der Waals surface area contributed by atoms with Gasteiger partial charge in [-0.15, -0.1) is 0 Å². The fourth-order valence-electron chi connectivity index (χ4n) is 3.33. The molecule has 0 aromatic heterocycles. The molecule has 0 unspecified atom stereocenters. The van der Waals surface area contributed by atoms with Gasteiger partial charge >= 0.3 is 0 Å². The van der Waals surface area contributed by atoms with Crippen molar-refractivity contribution in [3.63, 3.8) is 0 Å². The number of rotatable bonds is 7. The van der Waals surface area contributed by atoms with E-state index in [1.54, 1.807) is 24.3 Å². The first-order valence-electron chi connectivity index (χ1n) is 10.4. The monoisotopic (exact) mass is 503 g/mol. The Morgan fingerprint density at radius 3 is 2.61 bits per heavy atom. The van der Waals surface area contributed by atoms with Crippen LogP contribution in [0.4, 0.5) is 5.69 Å². The zero-order valence-electron chi connectivity index (χ0n) is 17.4. The average Bonchev–Trinajstić information content (AvgIpc) is 3.29. The summed E-state index contributed by atoms with van der Waals surface area (Å²) in [5.74, 6) is 0.0866. The van der Waals surface area contributed by atoms with E-state index in [2.05, 4.69) is 33.5 Å². The van der Waals surface area contributed by atoms with Gasteiger partial charge in [0, 0.05) is 17.6 Å². The highest BCUT2D eigenvalue weighted by Crippen LogP contribution is 2.24. The first-order valence-corrected chi connectivity index (χ1v) is 11.6. The van der Waals surface area contributed by atoms with Crippen LogP contribution in [0.15, 0.2) is 46.9 Å². The molecule has 1 aliphatic rings. The van der Waals surface area contributed by atoms with Crippen LogP contribution in [0.3, 0.4) is 0 Å². The maximum Gasteiger partial charge on any atom is 0.261 e. The normalized spacial score (nSPS) is 13.0. The quantitative estimate of drug-likeness (QED) is 0.411. The van der Waals surface area contributed by atoms with Crippen LogP contribution >= 0.6 is 28.1 Å². The number of amides is 2. The van der Waals surface area contributed by atoms with Gasteiger partial charge in [-0.3, -0.25) is 14.9 Å². The SMILES string of the molecule is CCCCOc1ccc(Br)cc1C(=O)NC(=S)Nc1ccccc1C(=O)N1CCCC1. The predicted molar refractivity (Wildman–Crippen MR) is 130 cm³/mol. The summed E-state index contributed by atoms with van der Waals surface area (Å²) in [6.45, 7) is 4.14. The molecular formula is C23H26BrN3O3S. The number of likely N-dealkylation sites (tertiary alicyclic amines) is 1. The zero-order valence-corrected chi connectivity index (χ0v) is 19.9. The fraction of sp³-hybridized carbons (Fsp3) is 0.348. The third-order valence-electron chi connectivity index (χ3n) is 4.97. The highest BCUT2D eigenvalue weighted by Gasteiger charge is 2.22. The van der Waals surface area contributed by atoms with E-state index in [1.165, 1.54) is 0 Å². The van der Waals surface area contributed by atoms with Gasteiger partial charge in [0.25, 0.3) is 11.8 Å². The molecule has 0 atom stereocenters. The molecule has 2 aromatic rings. The Morgan fingerprint density at radius 1 is 1.13 bits per heavy atom. The largest absolute Gasteiger partial charge is 0.493 e. The average molecular weight is 504 g/mol. The molecule has 31 heavy (non-hydrogen) atoms. The molecule has 2 N–H and O–H groups in total. The number of ether oxygens (including phenoxy) is 1. The molecular weight excluding hydrogens is 478 g/mol. The lowest BCUT2D eigenvalue weighted by Gasteiger charge is -2.19. The summed E-state index contributed by atoms with van der Waals surface area (Å²) in [7, 11) is 0. The fourth-order valence-corrected chi connectivity index (χ4v) is 3.89. The Labute approximate surface area is 196 Å². The number of carbonyl (C=O) groups excluding carboxylic acids is 2. The molecule has 1 heterocycles. The first kappa shape index (κ1) is 23.2. The molecule has 2 aromatic carbocycles. The van der Waals surface area contributed by atoms with Gasteiger partial charge in [0.05, 0.1) is 23.4 Å². The zero-order chi connectivity index (χ0) is 22.2. The number of carbonyl (C=O) groups is 2. The van der Waals surface area contributed by atoms with E-state index in [4.69, 9.17) is 17.0 Å². The maximum atomic E-state index is 12.9. The van der Waals surface area contributed by atoms with Crippen LogP contribution in [-0.4, -0.2) is 41.5 Å². The highest BCUT2D eigenvalue weighted by molar-refractivity contribution is 9.10. The van der Waals surface area contributed by atoms with E-state index in [-0.39, 0.29) is 16.9 Å². The van der Waals surface area contributed by atoms with E-state index in [9.17, 15) is 9.59 Å². The molecule has 0 aliphatic carbocycles. The molecule has 1 aliphatic heterocycles. The van der Waals surface area contributed by atoms with Crippen LogP contribution in [0.5, 0.6) is 5.75 Å². The number of benzene rings is 2. The third kappa shape index (κ3) is 6.27. The lowest BCUT2D eigenvalue weighted by molar-refractivity contribution is 0.0793. The van der Waals surface area contributed by atoms with Crippen molar-refractivity contribution in [1.82, 2.24) is 10.2 Å². The summed E-state index contributed by atoms with van der Waals surface area (Å²) >= 11 is 8.75. The third-order valence-corrected chi connectivity index (χ3v) is 5.67. The van der Waals surface area contributed by atoms with Crippen LogP contribution in [-0.2, 0) is 0 Å². The van der Waals surface area contributed by atoms with Gasteiger partial charge in [-0.1, -0.05) is 41.4 Å². The minimum atomic E-state index is -0.381. The summed E-state index contributed by atoms with van der Waals surface area (Å²) in [6, 6.07) is 12.5. The standard InChI is InChI=1S/C23H26BrN3O3S/c1-2-3-14-30-20-11-10-16(24)15-18(20)21(28)26-23(31)25-19-9-5-4-8-17(19)22(29)27-12-6-7-13-27/h4-5,8-11,15H,2-3,6-7,12-14H2,1H3,(H2,25,26,28,31). The van der Waals surface area contributed by atoms with E-state index in [0.717, 1.165) is 43.2 Å². The number of halogens is 1. The van der Waals surface area contributed by atoms with Crippen molar-refractivity contribution < 1.29 is 14.3 Å². The molecule has 1 saturated heterocycles. The Kier molecular flexibility index (Phi) is 8.43. The molecule has 1 fully saturated rings. The van der Waals surface area contributed by atoms with Crippen LogP contribution in [0.2, 0.25) is 0 Å². The van der Waals surface area contributed by atoms with E-state index >= 15 is 0 Å². The second-order valence-corrected chi connectivity index (χ2v) is 8.62. The van der Waals surface area contributed by atoms with Crippen LogP contribution < -0.4 is 15.4 Å². The number of unbranched alkanes of at least 4 members (excludes halogenated alkanes) is 1. The number of para-hydroxylation sites is 1. The first-order chi connectivity index (χ1) is 15.0. The van der Waals surface area contributed by atoms with Gasteiger partial charge < -0.3 is 15.0 Å². The minimum absolute atomic E-state index is 0.0340. The number of thiocarbonyl (C=S) groups is 1. The molecule has 8 heteroatoms. The minimum Gasteiger partial charge on any atom is -0.493 e. The van der Waals surface area contributed by atoms with Gasteiger partial charge in [-0.05, 0) is 61.8 Å². The maximum absolute atomic E-state index is 12.9. The molecule has 2 amide bonds. The van der Waals surface area contributed by atoms with Crippen LogP contribution in [0.1, 0.15) is 53.3 Å². The van der Waals surface area contributed by atoms with E-state index < -0.39 is 0 Å². The Hall–Kier alpha value is -2.45. The predicted octanol–water partition coefficient (Wildman–Crippen LogP) is 4.99. The van der Waals surface area contributed by atoms with Crippen molar-refractivity contribution >= 4 is 50.8 Å². The number of nitrogens with zero attached hydrogens (tertiary/aromatic N) is 1. The summed E-state index contributed by atoms with van der Waals surface area (Å²) < 4.78 is 6.53. The number of anilines is 1. The lowest BCUT2D eigenvalue weighted by Crippen LogP contribution is -2.35. The summed E-state index contributed by atoms with van der Waals surface area (Å²) in [5.41, 5.74) is 1.49. The highest BCUT2D eigenvalue weighted by atomic mass is 79.9. The molecule has 0 bridgehead atoms. The topological polar surface area (TPSA) is 70.7 Å². The second-order valence-electron chi connectivity index (χ2n) is 7.30. The van der Waals surface area contributed by atoms with Crippen molar-refractivity contribution in [1.29, 1.82) is 0 Å². The van der Waals surface area contributed by atoms with E-state index in [0.29, 0.717) is 29.2 Å². The lowest BCUT2D eigenvalue weighted by atomic mass is 10.1. The van der Waals surface area contributed by atoms with Crippen molar-refractivity contribution in [2.75, 3.05) is 25.0 Å². The molecule has 6 nitrogen and oxygen atoms in total. The number of hydrogen-bond donors (Lipinski definition) is 2. The Balaban J connectivity index is 1.70. The van der Waals surface area contributed by atoms with Gasteiger partial charge in [-0.2, -0.15) is 0 Å². The Morgan fingerprint density at radius 2 is 1.87 bits per heavy atom. The molecule has 0 radical (unpaired) electrons. The molecule has 3 rings (SSSR count). The molecule has 0 saturated carbocycles. The Bertz CT molecular complexity index is 961. The van der Waals surface area contributed by atoms with Gasteiger partial charge in [0.1, 0.15) is 5.75 Å². The van der Waals surface area contributed by atoms with Crippen molar-refractivity contribution in [3.8, 4) is 5.75 Å². The molecule has 0 spiro atoms. The molecule has 164 valence electrons. The second kappa shape index (κ2) is 11.2. The van der Waals surface area contributed by atoms with Gasteiger partial charge in [0.2, 0.25) is 0 Å². The van der Waals surface area contributed by atoms with Crippen LogP contribution in [0, 0.1) is 0 Å². The number of nitrogens with one attached hydrogen (secondary N) is 2. The summed E-state index contributed by atoms with van der Waals surface area (Å²) in [4.78, 5) is 27.5. The van der Waals surface area contributed by atoms with Crippen molar-refractivity contribution in [3.05, 3.63) is 58.1 Å².